The van der Waals surface area contributed by atoms with Crippen LogP contribution in [0.5, 0.6) is 0 Å². The Labute approximate surface area is 215 Å². The minimum atomic E-state index is -0.276. The molecule has 5 aromatic rings. The lowest BCUT2D eigenvalue weighted by Gasteiger charge is -2.27. The van der Waals surface area contributed by atoms with E-state index in [0.717, 1.165) is 47.1 Å². The summed E-state index contributed by atoms with van der Waals surface area (Å²) in [5, 5.41) is 17.9. The lowest BCUT2D eigenvalue weighted by atomic mass is 10.0. The van der Waals surface area contributed by atoms with Crippen molar-refractivity contribution in [2.45, 2.75) is 20.4 Å². The third kappa shape index (κ3) is 5.98. The third-order valence-corrected chi connectivity index (χ3v) is 5.87. The second kappa shape index (κ2) is 11.0. The summed E-state index contributed by atoms with van der Waals surface area (Å²) >= 11 is 0. The van der Waals surface area contributed by atoms with Gasteiger partial charge in [0.1, 0.15) is 11.6 Å². The first-order chi connectivity index (χ1) is 18.0. The fourth-order valence-electron chi connectivity index (χ4n) is 4.26. The van der Waals surface area contributed by atoms with E-state index in [1.165, 1.54) is 17.7 Å². The number of hydrogen-bond acceptors (Lipinski definition) is 6. The molecule has 0 spiro atoms. The lowest BCUT2D eigenvalue weighted by Crippen LogP contribution is -2.28. The molecule has 0 unspecified atom stereocenters. The second-order valence-corrected chi connectivity index (χ2v) is 9.29. The maximum atomic E-state index is 13.5. The zero-order chi connectivity index (χ0) is 25.6. The van der Waals surface area contributed by atoms with E-state index in [1.54, 1.807) is 12.1 Å². The summed E-state index contributed by atoms with van der Waals surface area (Å²) < 4.78 is 13.5. The highest BCUT2D eigenvalue weighted by Gasteiger charge is 2.17. The monoisotopic (exact) mass is 493 g/mol. The summed E-state index contributed by atoms with van der Waals surface area (Å²) in [5.74, 6) is 1.56. The average Bonchev–Trinajstić information content (AvgIpc) is 3.45. The van der Waals surface area contributed by atoms with Crippen LogP contribution in [-0.2, 0) is 6.54 Å². The van der Waals surface area contributed by atoms with Crippen molar-refractivity contribution < 1.29 is 4.39 Å². The molecule has 3 aromatic carbocycles. The molecule has 37 heavy (non-hydrogen) atoms. The zero-order valence-electron chi connectivity index (χ0n) is 20.8. The number of aromatic amines is 1. The molecular weight excluding hydrogens is 465 g/mol. The van der Waals surface area contributed by atoms with E-state index in [9.17, 15) is 4.39 Å². The van der Waals surface area contributed by atoms with Crippen molar-refractivity contribution in [2.24, 2.45) is 5.92 Å². The summed E-state index contributed by atoms with van der Waals surface area (Å²) in [6, 6.07) is 28.6. The van der Waals surface area contributed by atoms with Crippen LogP contribution >= 0.6 is 0 Å². The number of benzene rings is 3. The van der Waals surface area contributed by atoms with Gasteiger partial charge in [-0.05, 0) is 52.2 Å². The van der Waals surface area contributed by atoms with Gasteiger partial charge in [-0.2, -0.15) is 0 Å². The van der Waals surface area contributed by atoms with Gasteiger partial charge in [0.15, 0.2) is 5.82 Å². The Balaban J connectivity index is 1.61. The first-order valence-corrected chi connectivity index (χ1v) is 12.2. The first kappa shape index (κ1) is 24.1. The van der Waals surface area contributed by atoms with Crippen LogP contribution in [0.3, 0.4) is 0 Å². The van der Waals surface area contributed by atoms with Crippen molar-refractivity contribution in [3.63, 3.8) is 0 Å². The van der Waals surface area contributed by atoms with Crippen LogP contribution in [0, 0.1) is 11.7 Å². The zero-order valence-corrected chi connectivity index (χ0v) is 20.8. The van der Waals surface area contributed by atoms with Gasteiger partial charge in [-0.3, -0.25) is 0 Å². The van der Waals surface area contributed by atoms with E-state index in [0.29, 0.717) is 11.7 Å². The molecule has 0 aliphatic rings. The smallest absolute Gasteiger partial charge is 0.180 e. The number of anilines is 3. The van der Waals surface area contributed by atoms with Crippen molar-refractivity contribution in [1.82, 2.24) is 25.6 Å². The largest absolute Gasteiger partial charge is 0.355 e. The van der Waals surface area contributed by atoms with Crippen molar-refractivity contribution in [1.29, 1.82) is 0 Å². The van der Waals surface area contributed by atoms with Crippen LogP contribution in [0.2, 0.25) is 0 Å². The van der Waals surface area contributed by atoms with Gasteiger partial charge in [0, 0.05) is 41.7 Å². The van der Waals surface area contributed by atoms with Gasteiger partial charge in [0.25, 0.3) is 0 Å². The Kier molecular flexibility index (Phi) is 7.16. The number of tetrazole rings is 1. The minimum Gasteiger partial charge on any atom is -0.355 e. The molecule has 0 saturated carbocycles. The summed E-state index contributed by atoms with van der Waals surface area (Å²) in [6.07, 6.45) is 0. The normalized spacial score (nSPS) is 11.0. The van der Waals surface area contributed by atoms with Crippen LogP contribution in [0.15, 0.2) is 91.0 Å². The van der Waals surface area contributed by atoms with E-state index < -0.39 is 0 Å². The summed E-state index contributed by atoms with van der Waals surface area (Å²) in [5.41, 5.74) is 5.36. The minimum absolute atomic E-state index is 0.276. The first-order valence-electron chi connectivity index (χ1n) is 12.2. The van der Waals surface area contributed by atoms with Gasteiger partial charge in [-0.15, -0.1) is 5.10 Å². The van der Waals surface area contributed by atoms with Gasteiger partial charge in [-0.1, -0.05) is 68.4 Å². The SMILES string of the molecule is CC(C)CN(Cc1ccccc1)c1cc(Nc2ccc(F)cc2)cc(-c2ccccc2-c2nnn[nH]2)n1. The Morgan fingerprint density at radius 2 is 1.59 bits per heavy atom. The number of H-pyrrole nitrogens is 1. The number of nitrogens with one attached hydrogen (secondary N) is 2. The molecule has 2 aromatic heterocycles. The van der Waals surface area contributed by atoms with Gasteiger partial charge >= 0.3 is 0 Å². The highest BCUT2D eigenvalue weighted by molar-refractivity contribution is 5.81. The number of halogens is 1. The molecule has 0 aliphatic heterocycles. The predicted octanol–water partition coefficient (Wildman–Crippen LogP) is 6.47. The van der Waals surface area contributed by atoms with E-state index in [2.05, 4.69) is 69.0 Å². The van der Waals surface area contributed by atoms with Crippen LogP contribution in [0.4, 0.5) is 21.6 Å². The maximum absolute atomic E-state index is 13.5. The van der Waals surface area contributed by atoms with E-state index in [-0.39, 0.29) is 5.82 Å². The summed E-state index contributed by atoms with van der Waals surface area (Å²) in [6.45, 7) is 5.95. The molecule has 2 heterocycles. The molecular formula is C29H28FN7. The van der Waals surface area contributed by atoms with Crippen LogP contribution < -0.4 is 10.2 Å². The second-order valence-electron chi connectivity index (χ2n) is 9.29. The lowest BCUT2D eigenvalue weighted by molar-refractivity contribution is 0.605. The maximum Gasteiger partial charge on any atom is 0.180 e. The van der Waals surface area contributed by atoms with Crippen molar-refractivity contribution in [3.8, 4) is 22.6 Å². The molecule has 7 nitrogen and oxygen atoms in total. The number of rotatable bonds is 9. The Morgan fingerprint density at radius 3 is 2.30 bits per heavy atom. The standard InChI is InChI=1S/C29H28FN7/c1-20(2)18-37(19-21-8-4-3-5-9-21)28-17-24(31-23-14-12-22(30)13-15-23)16-27(32-28)25-10-6-7-11-26(25)29-33-35-36-34-29/h3-17,20H,18-19H2,1-2H3,(H,31,32)(H,33,34,35,36). The van der Waals surface area contributed by atoms with Crippen molar-refractivity contribution in [2.75, 3.05) is 16.8 Å². The predicted molar refractivity (Wildman–Crippen MR) is 145 cm³/mol. The quantitative estimate of drug-likeness (QED) is 0.245. The molecule has 0 fully saturated rings. The fourth-order valence-corrected chi connectivity index (χ4v) is 4.26. The molecule has 0 amide bonds. The van der Waals surface area contributed by atoms with Crippen molar-refractivity contribution in [3.05, 3.63) is 102 Å². The number of pyridine rings is 1. The molecule has 186 valence electrons. The van der Waals surface area contributed by atoms with Gasteiger partial charge in [0.2, 0.25) is 0 Å². The molecule has 0 atom stereocenters. The number of aromatic nitrogens is 5. The van der Waals surface area contributed by atoms with E-state index >= 15 is 0 Å². The van der Waals surface area contributed by atoms with Gasteiger partial charge < -0.3 is 10.2 Å². The number of hydrogen-bond donors (Lipinski definition) is 2. The highest BCUT2D eigenvalue weighted by atomic mass is 19.1. The van der Waals surface area contributed by atoms with Crippen LogP contribution in [0.1, 0.15) is 19.4 Å². The van der Waals surface area contributed by atoms with Gasteiger partial charge in [0.05, 0.1) is 5.69 Å². The molecule has 5 rings (SSSR count). The summed E-state index contributed by atoms with van der Waals surface area (Å²) in [7, 11) is 0. The molecule has 0 aliphatic carbocycles. The number of nitrogens with zero attached hydrogens (tertiary/aromatic N) is 5. The molecule has 0 radical (unpaired) electrons. The molecule has 8 heteroatoms. The van der Waals surface area contributed by atoms with E-state index in [4.69, 9.17) is 4.98 Å². The molecule has 0 bridgehead atoms. The average molecular weight is 494 g/mol. The van der Waals surface area contributed by atoms with Gasteiger partial charge in [-0.25, -0.2) is 14.5 Å². The summed E-state index contributed by atoms with van der Waals surface area (Å²) in [4.78, 5) is 7.41. The van der Waals surface area contributed by atoms with E-state index in [1.807, 2.05) is 42.5 Å². The highest BCUT2D eigenvalue weighted by Crippen LogP contribution is 2.33. The fraction of sp³-hybridized carbons (Fsp3) is 0.172. The topological polar surface area (TPSA) is 82.6 Å². The van der Waals surface area contributed by atoms with Crippen LogP contribution in [0.25, 0.3) is 22.6 Å². The van der Waals surface area contributed by atoms with Crippen LogP contribution in [-0.4, -0.2) is 32.2 Å². The Morgan fingerprint density at radius 1 is 0.865 bits per heavy atom. The Bertz CT molecular complexity index is 1440. The third-order valence-electron chi connectivity index (χ3n) is 5.87. The van der Waals surface area contributed by atoms with Crippen molar-refractivity contribution >= 4 is 17.2 Å². The molecule has 0 saturated heterocycles. The Hall–Kier alpha value is -4.59. The molecule has 2 N–H and O–H groups in total.